The summed E-state index contributed by atoms with van der Waals surface area (Å²) in [4.78, 5) is 0. The van der Waals surface area contributed by atoms with Crippen LogP contribution >= 0.6 is 0 Å². The summed E-state index contributed by atoms with van der Waals surface area (Å²) in [6.07, 6.45) is -4.19. The average Bonchev–Trinajstić information content (AvgIpc) is 2.11. The molecule has 1 N–H and O–H groups in total. The molecule has 0 aliphatic carbocycles. The van der Waals surface area contributed by atoms with Gasteiger partial charge in [0.25, 0.3) is 0 Å². The fraction of sp³-hybridized carbons (Fsp3) is 1.00. The third kappa shape index (κ3) is 7.62. The van der Waals surface area contributed by atoms with Crippen molar-refractivity contribution >= 4 is 0 Å². The number of likely N-dealkylation sites (N-methyl/N-ethyl adjacent to an activating group) is 1. The van der Waals surface area contributed by atoms with E-state index in [2.05, 4.69) is 5.32 Å². The molecule has 0 rings (SSSR count). The number of rotatable bonds is 7. The molecule has 0 saturated heterocycles. The minimum Gasteiger partial charge on any atom is -0.377 e. The lowest BCUT2D eigenvalue weighted by Crippen LogP contribution is -2.37. The van der Waals surface area contributed by atoms with Crippen LogP contribution in [0.5, 0.6) is 0 Å². The summed E-state index contributed by atoms with van der Waals surface area (Å²) < 4.78 is 41.1. The summed E-state index contributed by atoms with van der Waals surface area (Å²) in [7, 11) is 1.74. The zero-order chi connectivity index (χ0) is 11.9. The lowest BCUT2D eigenvalue weighted by molar-refractivity contribution is -0.136. The summed E-state index contributed by atoms with van der Waals surface area (Å²) in [5, 5.41) is 2.98. The molecule has 0 fully saturated rings. The van der Waals surface area contributed by atoms with Crippen LogP contribution in [0.3, 0.4) is 0 Å². The van der Waals surface area contributed by atoms with Crippen LogP contribution in [0.4, 0.5) is 13.2 Å². The maximum atomic E-state index is 11.9. The molecule has 92 valence electrons. The highest BCUT2D eigenvalue weighted by Crippen LogP contribution is 2.23. The Morgan fingerprint density at radius 2 is 1.93 bits per heavy atom. The molecule has 15 heavy (non-hydrogen) atoms. The van der Waals surface area contributed by atoms with Crippen molar-refractivity contribution in [2.24, 2.45) is 0 Å². The Bertz CT molecular complexity index is 161. The summed E-state index contributed by atoms with van der Waals surface area (Å²) in [6.45, 7) is 4.33. The molecule has 0 spiro atoms. The molecule has 0 bridgehead atoms. The van der Waals surface area contributed by atoms with E-state index < -0.39 is 12.6 Å². The van der Waals surface area contributed by atoms with Gasteiger partial charge in [-0.25, -0.2) is 0 Å². The second kappa shape index (κ2) is 7.06. The van der Waals surface area contributed by atoms with E-state index in [9.17, 15) is 13.2 Å². The molecule has 2 nitrogen and oxygen atoms in total. The Morgan fingerprint density at radius 1 is 1.33 bits per heavy atom. The van der Waals surface area contributed by atoms with Gasteiger partial charge in [-0.2, -0.15) is 13.2 Å². The molecular weight excluding hydrogens is 207 g/mol. The van der Waals surface area contributed by atoms with E-state index in [-0.39, 0.29) is 18.6 Å². The van der Waals surface area contributed by atoms with E-state index in [1.807, 2.05) is 13.8 Å². The van der Waals surface area contributed by atoms with Gasteiger partial charge in [0.05, 0.1) is 6.10 Å². The van der Waals surface area contributed by atoms with E-state index >= 15 is 0 Å². The van der Waals surface area contributed by atoms with Gasteiger partial charge in [0.2, 0.25) is 0 Å². The van der Waals surface area contributed by atoms with Crippen LogP contribution in [0.2, 0.25) is 0 Å². The summed E-state index contributed by atoms with van der Waals surface area (Å²) in [5.74, 6) is 0. The quantitative estimate of drug-likeness (QED) is 0.722. The minimum absolute atomic E-state index is 0.00713. The van der Waals surface area contributed by atoms with Gasteiger partial charge in [-0.1, -0.05) is 0 Å². The Hall–Kier alpha value is -0.290. The first-order valence-electron chi connectivity index (χ1n) is 5.26. The molecular formula is C10H20F3NO. The Morgan fingerprint density at radius 3 is 2.33 bits per heavy atom. The van der Waals surface area contributed by atoms with Crippen LogP contribution in [0.15, 0.2) is 0 Å². The third-order valence-corrected chi connectivity index (χ3v) is 2.34. The molecule has 5 heteroatoms. The Kier molecular flexibility index (Phi) is 6.92. The summed E-state index contributed by atoms with van der Waals surface area (Å²) in [5.41, 5.74) is 0. The second-order valence-electron chi connectivity index (χ2n) is 3.56. The molecule has 0 aromatic heterocycles. The van der Waals surface area contributed by atoms with Crippen LogP contribution < -0.4 is 5.32 Å². The molecule has 0 aliphatic heterocycles. The molecule has 0 radical (unpaired) electrons. The molecule has 0 saturated carbocycles. The maximum absolute atomic E-state index is 11.9. The first-order chi connectivity index (χ1) is 6.90. The predicted molar refractivity (Wildman–Crippen MR) is 53.8 cm³/mol. The smallest absolute Gasteiger partial charge is 0.377 e. The Labute approximate surface area is 89.2 Å². The van der Waals surface area contributed by atoms with Crippen molar-refractivity contribution in [2.45, 2.75) is 51.4 Å². The first kappa shape index (κ1) is 14.7. The highest BCUT2D eigenvalue weighted by Gasteiger charge is 2.27. The van der Waals surface area contributed by atoms with Gasteiger partial charge >= 0.3 is 6.18 Å². The van der Waals surface area contributed by atoms with Gasteiger partial charge in [0, 0.05) is 19.1 Å². The number of hydrogen-bond donors (Lipinski definition) is 1. The number of hydrogen-bond acceptors (Lipinski definition) is 2. The molecule has 2 unspecified atom stereocenters. The summed E-state index contributed by atoms with van der Waals surface area (Å²) >= 11 is 0. The zero-order valence-electron chi connectivity index (χ0n) is 9.53. The average molecular weight is 227 g/mol. The second-order valence-corrected chi connectivity index (χ2v) is 3.56. The van der Waals surface area contributed by atoms with Crippen LogP contribution in [0, 0.1) is 0 Å². The van der Waals surface area contributed by atoms with Crippen molar-refractivity contribution in [3.63, 3.8) is 0 Å². The predicted octanol–water partition coefficient (Wildman–Crippen LogP) is 2.73. The van der Waals surface area contributed by atoms with Gasteiger partial charge in [0.15, 0.2) is 0 Å². The van der Waals surface area contributed by atoms with Crippen molar-refractivity contribution in [2.75, 3.05) is 13.7 Å². The zero-order valence-corrected chi connectivity index (χ0v) is 9.53. The minimum atomic E-state index is -4.05. The highest BCUT2D eigenvalue weighted by atomic mass is 19.4. The van der Waals surface area contributed by atoms with E-state index in [4.69, 9.17) is 4.74 Å². The molecule has 0 aliphatic rings. The van der Waals surface area contributed by atoms with Gasteiger partial charge in [-0.05, 0) is 33.7 Å². The first-order valence-corrected chi connectivity index (χ1v) is 5.26. The van der Waals surface area contributed by atoms with Crippen LogP contribution in [-0.2, 0) is 4.74 Å². The highest BCUT2D eigenvalue weighted by molar-refractivity contribution is 4.72. The van der Waals surface area contributed by atoms with Crippen LogP contribution in [0.25, 0.3) is 0 Å². The van der Waals surface area contributed by atoms with Gasteiger partial charge < -0.3 is 10.1 Å². The number of halogens is 3. The molecule has 2 atom stereocenters. The third-order valence-electron chi connectivity index (χ3n) is 2.34. The van der Waals surface area contributed by atoms with Crippen LogP contribution in [0.1, 0.15) is 33.1 Å². The SMILES string of the molecule is CCOC(C)C(CCCC(F)(F)F)NC. The largest absolute Gasteiger partial charge is 0.389 e. The van der Waals surface area contributed by atoms with Crippen molar-refractivity contribution in [1.82, 2.24) is 5.32 Å². The molecule has 0 aromatic carbocycles. The van der Waals surface area contributed by atoms with E-state index in [1.165, 1.54) is 0 Å². The van der Waals surface area contributed by atoms with Gasteiger partial charge in [-0.3, -0.25) is 0 Å². The normalized spacial score (nSPS) is 16.4. The van der Waals surface area contributed by atoms with Crippen molar-refractivity contribution in [3.8, 4) is 0 Å². The number of nitrogens with one attached hydrogen (secondary N) is 1. The topological polar surface area (TPSA) is 21.3 Å². The monoisotopic (exact) mass is 227 g/mol. The fourth-order valence-electron chi connectivity index (χ4n) is 1.52. The lowest BCUT2D eigenvalue weighted by Gasteiger charge is -2.23. The van der Waals surface area contributed by atoms with E-state index in [0.29, 0.717) is 13.0 Å². The Balaban J connectivity index is 3.80. The standard InChI is InChI=1S/C10H20F3NO/c1-4-15-8(2)9(14-3)6-5-7-10(11,12)13/h8-9,14H,4-7H2,1-3H3. The summed E-state index contributed by atoms with van der Waals surface area (Å²) in [6, 6.07) is -0.00713. The molecule has 0 aromatic rings. The molecule has 0 amide bonds. The van der Waals surface area contributed by atoms with Gasteiger partial charge in [0.1, 0.15) is 0 Å². The lowest BCUT2D eigenvalue weighted by atomic mass is 10.1. The fourth-order valence-corrected chi connectivity index (χ4v) is 1.52. The van der Waals surface area contributed by atoms with Gasteiger partial charge in [-0.15, -0.1) is 0 Å². The van der Waals surface area contributed by atoms with Crippen molar-refractivity contribution in [1.29, 1.82) is 0 Å². The van der Waals surface area contributed by atoms with Crippen molar-refractivity contribution < 1.29 is 17.9 Å². The van der Waals surface area contributed by atoms with E-state index in [1.54, 1.807) is 7.05 Å². The number of alkyl halides is 3. The maximum Gasteiger partial charge on any atom is 0.389 e. The van der Waals surface area contributed by atoms with E-state index in [0.717, 1.165) is 0 Å². The number of ether oxygens (including phenoxy) is 1. The van der Waals surface area contributed by atoms with Crippen molar-refractivity contribution in [3.05, 3.63) is 0 Å². The van der Waals surface area contributed by atoms with Crippen LogP contribution in [-0.4, -0.2) is 32.0 Å². The molecule has 0 heterocycles.